The number of hydrogen-bond acceptors (Lipinski definition) is 2. The molecule has 20 heavy (non-hydrogen) atoms. The maximum atomic E-state index is 10.2. The van der Waals surface area contributed by atoms with Crippen molar-refractivity contribution in [1.82, 2.24) is 0 Å². The lowest BCUT2D eigenvalue weighted by molar-refractivity contribution is -0.0564. The van der Waals surface area contributed by atoms with E-state index >= 15 is 0 Å². The van der Waals surface area contributed by atoms with Gasteiger partial charge in [0.2, 0.25) is 0 Å². The highest BCUT2D eigenvalue weighted by Gasteiger charge is 2.32. The van der Waals surface area contributed by atoms with Gasteiger partial charge < -0.3 is 9.84 Å². The molecule has 1 N–H and O–H groups in total. The lowest BCUT2D eigenvalue weighted by Crippen LogP contribution is -2.33. The fraction of sp³-hybridized carbons (Fsp3) is 0.667. The fourth-order valence-electron chi connectivity index (χ4n) is 3.50. The van der Waals surface area contributed by atoms with Gasteiger partial charge in [0.15, 0.2) is 0 Å². The summed E-state index contributed by atoms with van der Waals surface area (Å²) in [5.41, 5.74) is 2.51. The van der Waals surface area contributed by atoms with Gasteiger partial charge in [-0.2, -0.15) is 0 Å². The van der Waals surface area contributed by atoms with Crippen LogP contribution in [0.5, 0.6) is 0 Å². The Morgan fingerprint density at radius 3 is 2.50 bits per heavy atom. The molecule has 1 fully saturated rings. The van der Waals surface area contributed by atoms with Crippen molar-refractivity contribution in [3.8, 4) is 0 Å². The van der Waals surface area contributed by atoms with Gasteiger partial charge in [-0.15, -0.1) is 0 Å². The molecule has 1 aliphatic rings. The van der Waals surface area contributed by atoms with E-state index in [1.807, 2.05) is 24.3 Å². The molecule has 1 aromatic rings. The fourth-order valence-corrected chi connectivity index (χ4v) is 3.50. The number of aryl methyl sites for hydroxylation is 1. The van der Waals surface area contributed by atoms with Crippen molar-refractivity contribution in [2.45, 2.75) is 59.2 Å². The first-order valence-electron chi connectivity index (χ1n) is 7.72. The highest BCUT2D eigenvalue weighted by atomic mass is 16.5. The van der Waals surface area contributed by atoms with Gasteiger partial charge >= 0.3 is 0 Å². The van der Waals surface area contributed by atoms with Crippen LogP contribution in [0.2, 0.25) is 0 Å². The summed E-state index contributed by atoms with van der Waals surface area (Å²) < 4.78 is 5.99. The predicted molar refractivity (Wildman–Crippen MR) is 82.7 cm³/mol. The molecule has 0 aliphatic heterocycles. The van der Waals surface area contributed by atoms with E-state index in [1.165, 1.54) is 12.0 Å². The average Bonchev–Trinajstić information content (AvgIpc) is 2.34. The molecule has 2 heteroatoms. The molecular formula is C18H28O2. The van der Waals surface area contributed by atoms with E-state index in [2.05, 4.69) is 27.7 Å². The van der Waals surface area contributed by atoms with Crippen LogP contribution >= 0.6 is 0 Å². The second-order valence-corrected chi connectivity index (χ2v) is 7.30. The zero-order valence-electron chi connectivity index (χ0n) is 13.2. The second-order valence-electron chi connectivity index (χ2n) is 7.30. The first-order chi connectivity index (χ1) is 9.35. The Morgan fingerprint density at radius 1 is 1.25 bits per heavy atom. The lowest BCUT2D eigenvalue weighted by Gasteiger charge is -2.39. The summed E-state index contributed by atoms with van der Waals surface area (Å²) in [5.74, 6) is 0.709. The minimum atomic E-state index is -0.518. The minimum Gasteiger partial charge on any atom is -0.386 e. The van der Waals surface area contributed by atoms with Crippen molar-refractivity contribution in [3.63, 3.8) is 0 Å². The van der Waals surface area contributed by atoms with Gasteiger partial charge in [0, 0.05) is 0 Å². The molecule has 1 aliphatic carbocycles. The van der Waals surface area contributed by atoms with Gasteiger partial charge in [-0.05, 0) is 43.1 Å². The van der Waals surface area contributed by atoms with Gasteiger partial charge in [-0.25, -0.2) is 0 Å². The maximum absolute atomic E-state index is 10.2. The Hall–Kier alpha value is -0.860. The van der Waals surface area contributed by atoms with E-state index in [0.717, 1.165) is 18.4 Å². The van der Waals surface area contributed by atoms with E-state index in [-0.39, 0.29) is 6.10 Å². The highest BCUT2D eigenvalue weighted by molar-refractivity contribution is 5.23. The summed E-state index contributed by atoms with van der Waals surface area (Å²) in [4.78, 5) is 0. The van der Waals surface area contributed by atoms with Crippen molar-refractivity contribution in [1.29, 1.82) is 0 Å². The maximum Gasteiger partial charge on any atom is 0.102 e. The monoisotopic (exact) mass is 276 g/mol. The molecule has 0 aromatic heterocycles. The van der Waals surface area contributed by atoms with Crippen molar-refractivity contribution >= 4 is 0 Å². The van der Waals surface area contributed by atoms with Crippen LogP contribution < -0.4 is 0 Å². The van der Waals surface area contributed by atoms with Crippen molar-refractivity contribution < 1.29 is 9.84 Å². The number of aliphatic hydroxyl groups is 1. The Bertz CT molecular complexity index is 422. The van der Waals surface area contributed by atoms with Crippen LogP contribution in [0.15, 0.2) is 24.3 Å². The molecular weight excluding hydrogens is 248 g/mol. The van der Waals surface area contributed by atoms with Crippen molar-refractivity contribution in [3.05, 3.63) is 35.4 Å². The highest BCUT2D eigenvalue weighted by Crippen LogP contribution is 2.39. The van der Waals surface area contributed by atoms with Gasteiger partial charge in [-0.3, -0.25) is 0 Å². The normalized spacial score (nSPS) is 27.2. The topological polar surface area (TPSA) is 29.5 Å². The molecule has 0 bridgehead atoms. The van der Waals surface area contributed by atoms with E-state index < -0.39 is 6.10 Å². The standard InChI is InChI=1S/C18H28O2/c1-13-5-7-15(8-6-13)17(19)12-20-16-9-14(2)10-18(3,4)11-16/h5-8,14,16-17,19H,9-12H2,1-4H3. The van der Waals surface area contributed by atoms with Crippen LogP contribution in [0.25, 0.3) is 0 Å². The smallest absolute Gasteiger partial charge is 0.102 e. The minimum absolute atomic E-state index is 0.286. The molecule has 0 amide bonds. The van der Waals surface area contributed by atoms with Gasteiger partial charge in [0.05, 0.1) is 12.7 Å². The third kappa shape index (κ3) is 4.32. The summed E-state index contributed by atoms with van der Waals surface area (Å²) in [5, 5.41) is 10.2. The van der Waals surface area contributed by atoms with Crippen molar-refractivity contribution in [2.75, 3.05) is 6.61 Å². The molecule has 3 atom stereocenters. The SMILES string of the molecule is Cc1ccc(C(O)COC2CC(C)CC(C)(C)C2)cc1. The lowest BCUT2D eigenvalue weighted by atomic mass is 9.71. The molecule has 3 unspecified atom stereocenters. The third-order valence-electron chi connectivity index (χ3n) is 4.30. The Balaban J connectivity index is 1.86. The molecule has 2 nitrogen and oxygen atoms in total. The second kappa shape index (κ2) is 6.28. The summed E-state index contributed by atoms with van der Waals surface area (Å²) in [6.45, 7) is 9.38. The van der Waals surface area contributed by atoms with E-state index in [4.69, 9.17) is 4.74 Å². The zero-order valence-corrected chi connectivity index (χ0v) is 13.2. The van der Waals surface area contributed by atoms with Crippen LogP contribution in [-0.2, 0) is 4.74 Å². The zero-order chi connectivity index (χ0) is 14.8. The molecule has 0 radical (unpaired) electrons. The largest absolute Gasteiger partial charge is 0.386 e. The molecule has 0 heterocycles. The van der Waals surface area contributed by atoms with Crippen LogP contribution in [-0.4, -0.2) is 17.8 Å². The molecule has 2 rings (SSSR count). The predicted octanol–water partition coefficient (Wildman–Crippen LogP) is 4.26. The van der Waals surface area contributed by atoms with Gasteiger partial charge in [-0.1, -0.05) is 50.6 Å². The summed E-state index contributed by atoms with van der Waals surface area (Å²) in [6.07, 6.45) is 3.25. The van der Waals surface area contributed by atoms with Gasteiger partial charge in [0.25, 0.3) is 0 Å². The number of benzene rings is 1. The van der Waals surface area contributed by atoms with Gasteiger partial charge in [0.1, 0.15) is 6.10 Å². The Labute approximate surface area is 123 Å². The van der Waals surface area contributed by atoms with E-state index in [0.29, 0.717) is 17.9 Å². The number of ether oxygens (including phenoxy) is 1. The third-order valence-corrected chi connectivity index (χ3v) is 4.30. The first kappa shape index (κ1) is 15.5. The van der Waals surface area contributed by atoms with E-state index in [1.54, 1.807) is 0 Å². The van der Waals surface area contributed by atoms with E-state index in [9.17, 15) is 5.11 Å². The van der Waals surface area contributed by atoms with Crippen LogP contribution in [0, 0.1) is 18.3 Å². The van der Waals surface area contributed by atoms with Crippen LogP contribution in [0.3, 0.4) is 0 Å². The van der Waals surface area contributed by atoms with Crippen LogP contribution in [0.1, 0.15) is 57.3 Å². The summed E-state index contributed by atoms with van der Waals surface area (Å²) >= 11 is 0. The molecule has 0 spiro atoms. The summed E-state index contributed by atoms with van der Waals surface area (Å²) in [6, 6.07) is 8.03. The molecule has 112 valence electrons. The Kier molecular flexibility index (Phi) is 4.87. The molecule has 0 saturated heterocycles. The first-order valence-corrected chi connectivity index (χ1v) is 7.72. The number of rotatable bonds is 4. The number of hydrogen-bond donors (Lipinski definition) is 1. The average molecular weight is 276 g/mol. The quantitative estimate of drug-likeness (QED) is 0.890. The summed E-state index contributed by atoms with van der Waals surface area (Å²) in [7, 11) is 0. The number of aliphatic hydroxyl groups excluding tert-OH is 1. The molecule has 1 saturated carbocycles. The Morgan fingerprint density at radius 2 is 1.90 bits per heavy atom. The van der Waals surface area contributed by atoms with Crippen molar-refractivity contribution in [2.24, 2.45) is 11.3 Å². The van der Waals surface area contributed by atoms with Crippen LogP contribution in [0.4, 0.5) is 0 Å². The molecule has 1 aromatic carbocycles.